The minimum Gasteiger partial charge on any atom is -0.393 e. The van der Waals surface area contributed by atoms with Gasteiger partial charge in [0.25, 0.3) is 5.08 Å². The predicted octanol–water partition coefficient (Wildman–Crippen LogP) is 3.39. The summed E-state index contributed by atoms with van der Waals surface area (Å²) < 4.78 is 23.6. The van der Waals surface area contributed by atoms with Crippen LogP contribution in [0.25, 0.3) is 0 Å². The quantitative estimate of drug-likeness (QED) is 0.250. The lowest BCUT2D eigenvalue weighted by Gasteiger charge is -2.62. The lowest BCUT2D eigenvalue weighted by molar-refractivity contribution is -0.174. The number of fused-ring (bicyclic) bond motifs is 5. The van der Waals surface area contributed by atoms with Gasteiger partial charge in [0, 0.05) is 6.42 Å². The number of aliphatic hydroxyl groups excluding tert-OH is 2. The van der Waals surface area contributed by atoms with Gasteiger partial charge in [-0.1, -0.05) is 20.8 Å². The van der Waals surface area contributed by atoms with Gasteiger partial charge in [0.1, 0.15) is 0 Å². The molecule has 10 atom stereocenters. The van der Waals surface area contributed by atoms with E-state index in [2.05, 4.69) is 13.8 Å². The molecule has 4 aliphatic carbocycles. The molecule has 0 saturated heterocycles. The third-order valence-electron chi connectivity index (χ3n) is 11.3. The number of hydrogen-bond donors (Lipinski definition) is 7. The van der Waals surface area contributed by atoms with Crippen LogP contribution in [-0.4, -0.2) is 52.2 Å². The average Bonchev–Trinajstić information content (AvgIpc) is 3.08. The molecule has 0 spiro atoms. The summed E-state index contributed by atoms with van der Waals surface area (Å²) in [6, 6.07) is 0. The molecule has 0 amide bonds. The Morgan fingerprint density at radius 3 is 2.06 bits per heavy atom. The van der Waals surface area contributed by atoms with Crippen LogP contribution in [0, 0.1) is 46.3 Å². The molecule has 0 aromatic rings. The first-order chi connectivity index (χ1) is 16.0. The highest BCUT2D eigenvalue weighted by molar-refractivity contribution is 7.72. The molecule has 204 valence electrons. The first-order valence-electron chi connectivity index (χ1n) is 13.2. The van der Waals surface area contributed by atoms with Crippen LogP contribution in [-0.2, 0) is 9.13 Å². The molecule has 0 radical (unpaired) electrons. The second-order valence-electron chi connectivity index (χ2n) is 12.8. The molecule has 0 heterocycles. The molecule has 0 unspecified atom stereocenters. The van der Waals surface area contributed by atoms with E-state index in [0.29, 0.717) is 17.8 Å². The third kappa shape index (κ3) is 4.45. The average molecular weight is 539 g/mol. The normalized spacial score (nSPS) is 45.4. The van der Waals surface area contributed by atoms with E-state index >= 15 is 0 Å². The molecule has 4 aliphatic rings. The first kappa shape index (κ1) is 28.2. The van der Waals surface area contributed by atoms with Gasteiger partial charge in [-0.05, 0) is 104 Å². The molecule has 11 heteroatoms. The Kier molecular flexibility index (Phi) is 7.36. The molecule has 0 aliphatic heterocycles. The molecule has 0 aromatic carbocycles. The van der Waals surface area contributed by atoms with Gasteiger partial charge in [0.05, 0.1) is 12.2 Å². The standard InChI is InChI=1S/C24H44O9P2/c1-14(6-11-24(27,34(28,29)30)35(31,32)33)17-4-5-18-21-19(8-10-23(17,18)3)22(2)9-7-16(25)12-15(22)13-20(21)26/h14-21,25-27H,4-13H2,1-3H3,(H2,28,29,30)(H2,31,32,33)/t14-,15+,16-,17-,18+,19+,20+,21+,22+,23-/m1/s1. The second kappa shape index (κ2) is 9.14. The summed E-state index contributed by atoms with van der Waals surface area (Å²) >= 11 is 0. The predicted molar refractivity (Wildman–Crippen MR) is 130 cm³/mol. The van der Waals surface area contributed by atoms with Crippen molar-refractivity contribution in [1.29, 1.82) is 0 Å². The maximum absolute atomic E-state index is 11.8. The molecule has 0 aromatic heterocycles. The zero-order valence-electron chi connectivity index (χ0n) is 21.0. The van der Waals surface area contributed by atoms with Gasteiger partial charge in [-0.3, -0.25) is 9.13 Å². The Hall–Kier alpha value is 0.180. The van der Waals surface area contributed by atoms with E-state index in [1.54, 1.807) is 0 Å². The first-order valence-corrected chi connectivity index (χ1v) is 16.4. The highest BCUT2D eigenvalue weighted by atomic mass is 31.2. The Morgan fingerprint density at radius 2 is 1.46 bits per heavy atom. The monoisotopic (exact) mass is 538 g/mol. The van der Waals surface area contributed by atoms with E-state index < -0.39 is 32.8 Å². The smallest absolute Gasteiger partial charge is 0.369 e. The van der Waals surface area contributed by atoms with Crippen LogP contribution < -0.4 is 0 Å². The fourth-order valence-electron chi connectivity index (χ4n) is 9.26. The maximum Gasteiger partial charge on any atom is 0.369 e. The van der Waals surface area contributed by atoms with Gasteiger partial charge in [-0.25, -0.2) is 0 Å². The van der Waals surface area contributed by atoms with Crippen molar-refractivity contribution < 1.29 is 44.0 Å². The van der Waals surface area contributed by atoms with Crippen LogP contribution in [0.5, 0.6) is 0 Å². The highest BCUT2D eigenvalue weighted by Crippen LogP contribution is 2.71. The number of aliphatic hydroxyl groups is 3. The van der Waals surface area contributed by atoms with Crippen LogP contribution in [0.15, 0.2) is 0 Å². The van der Waals surface area contributed by atoms with Gasteiger partial charge < -0.3 is 34.9 Å². The van der Waals surface area contributed by atoms with E-state index in [1.165, 1.54) is 0 Å². The topological polar surface area (TPSA) is 176 Å². The second-order valence-corrected chi connectivity index (χ2v) is 16.8. The van der Waals surface area contributed by atoms with E-state index in [4.69, 9.17) is 0 Å². The van der Waals surface area contributed by atoms with E-state index in [9.17, 15) is 44.0 Å². The van der Waals surface area contributed by atoms with Crippen LogP contribution in [0.1, 0.15) is 85.0 Å². The molecular formula is C24H44O9P2. The van der Waals surface area contributed by atoms with Crippen LogP contribution in [0.4, 0.5) is 0 Å². The van der Waals surface area contributed by atoms with E-state index in [1.807, 2.05) is 6.92 Å². The van der Waals surface area contributed by atoms with Crippen LogP contribution in [0.2, 0.25) is 0 Å². The summed E-state index contributed by atoms with van der Waals surface area (Å²) in [7, 11) is -10.9. The molecular weight excluding hydrogens is 494 g/mol. The molecule has 35 heavy (non-hydrogen) atoms. The van der Waals surface area contributed by atoms with Gasteiger partial charge in [0.15, 0.2) is 0 Å². The summed E-state index contributed by atoms with van der Waals surface area (Å²) in [5.74, 6) is 1.32. The summed E-state index contributed by atoms with van der Waals surface area (Å²) in [5.41, 5.74) is 0.0405. The lowest BCUT2D eigenvalue weighted by Crippen LogP contribution is -2.58. The minimum atomic E-state index is -5.46. The van der Waals surface area contributed by atoms with Gasteiger partial charge in [0.2, 0.25) is 0 Å². The SMILES string of the molecule is C[C@H](CCC(O)(P(=O)(O)O)P(=O)(O)O)[C@H]1CC[C@H]2[C@@H]3[C@@H](O)C[C@@H]4C[C@H](O)CC[C@]4(C)[C@H]3CC[C@]12C. The van der Waals surface area contributed by atoms with Crippen molar-refractivity contribution in [2.24, 2.45) is 46.3 Å². The Bertz CT molecular complexity index is 879. The molecule has 7 N–H and O–H groups in total. The number of rotatable bonds is 6. The fraction of sp³-hybridized carbons (Fsp3) is 1.00. The van der Waals surface area contributed by atoms with Gasteiger partial charge >= 0.3 is 15.2 Å². The Labute approximate surface area is 208 Å². The van der Waals surface area contributed by atoms with Gasteiger partial charge in [-0.15, -0.1) is 0 Å². The van der Waals surface area contributed by atoms with Crippen LogP contribution >= 0.6 is 15.2 Å². The number of hydrogen-bond acceptors (Lipinski definition) is 5. The summed E-state index contributed by atoms with van der Waals surface area (Å²) in [6.07, 6.45) is 5.84. The van der Waals surface area contributed by atoms with E-state index in [0.717, 1.165) is 51.4 Å². The molecule has 0 bridgehead atoms. The van der Waals surface area contributed by atoms with Crippen molar-refractivity contribution in [3.05, 3.63) is 0 Å². The van der Waals surface area contributed by atoms with Crippen LogP contribution in [0.3, 0.4) is 0 Å². The fourth-order valence-corrected chi connectivity index (χ4v) is 11.5. The molecule has 4 saturated carbocycles. The zero-order valence-corrected chi connectivity index (χ0v) is 22.8. The Balaban J connectivity index is 1.52. The summed E-state index contributed by atoms with van der Waals surface area (Å²) in [4.78, 5) is 38.0. The minimum absolute atomic E-state index is 0.0820. The summed E-state index contributed by atoms with van der Waals surface area (Å²) in [6.45, 7) is 6.56. The zero-order chi connectivity index (χ0) is 26.2. The van der Waals surface area contributed by atoms with E-state index in [-0.39, 0.29) is 41.1 Å². The van der Waals surface area contributed by atoms with Crippen molar-refractivity contribution in [2.75, 3.05) is 0 Å². The van der Waals surface area contributed by atoms with Crippen molar-refractivity contribution in [3.8, 4) is 0 Å². The van der Waals surface area contributed by atoms with Gasteiger partial charge in [-0.2, -0.15) is 0 Å². The Morgan fingerprint density at radius 1 is 0.886 bits per heavy atom. The molecule has 4 fully saturated rings. The van der Waals surface area contributed by atoms with Crippen molar-refractivity contribution in [1.82, 2.24) is 0 Å². The highest BCUT2D eigenvalue weighted by Gasteiger charge is 2.63. The van der Waals surface area contributed by atoms with Crippen molar-refractivity contribution in [2.45, 2.75) is 102 Å². The molecule has 9 nitrogen and oxygen atoms in total. The lowest BCUT2D eigenvalue weighted by atomic mass is 9.43. The maximum atomic E-state index is 11.8. The van der Waals surface area contributed by atoms with Crippen molar-refractivity contribution >= 4 is 15.2 Å². The third-order valence-corrected chi connectivity index (χ3v) is 15.2. The molecule has 4 rings (SSSR count). The largest absolute Gasteiger partial charge is 0.393 e. The summed E-state index contributed by atoms with van der Waals surface area (Å²) in [5, 5.41) is 28.6. The van der Waals surface area contributed by atoms with Crippen molar-refractivity contribution in [3.63, 3.8) is 0 Å².